The monoisotopic (exact) mass is 171 g/mol. The third-order valence-corrected chi connectivity index (χ3v) is 2.23. The van der Waals surface area contributed by atoms with Gasteiger partial charge in [-0.3, -0.25) is 4.99 Å². The summed E-state index contributed by atoms with van der Waals surface area (Å²) in [4.78, 5) is 4.09. The lowest BCUT2D eigenvalue weighted by Gasteiger charge is -2.25. The molecule has 1 rings (SSSR count). The molecule has 1 saturated heterocycles. The van der Waals surface area contributed by atoms with Gasteiger partial charge in [-0.1, -0.05) is 0 Å². The number of hydrogen-bond donors (Lipinski definition) is 2. The lowest BCUT2D eigenvalue weighted by molar-refractivity contribution is 0.0475. The Kier molecular flexibility index (Phi) is 3.34. The molecule has 4 N–H and O–H groups in total. The molecule has 0 aromatic heterocycles. The molecule has 70 valence electrons. The SMILES string of the molecule is CC(N=C(N)N)C1CCCOC1. The van der Waals surface area contributed by atoms with E-state index in [-0.39, 0.29) is 12.0 Å². The molecule has 2 unspecified atom stereocenters. The van der Waals surface area contributed by atoms with Crippen molar-refractivity contribution in [3.05, 3.63) is 0 Å². The Morgan fingerprint density at radius 3 is 2.83 bits per heavy atom. The molecule has 4 heteroatoms. The maximum absolute atomic E-state index is 5.33. The molecule has 1 aliphatic rings. The zero-order valence-corrected chi connectivity index (χ0v) is 7.49. The molecule has 0 amide bonds. The summed E-state index contributed by atoms with van der Waals surface area (Å²) in [5.74, 6) is 0.661. The standard InChI is InChI=1S/C8H17N3O/c1-6(11-8(9)10)7-3-2-4-12-5-7/h6-7H,2-5H2,1H3,(H4,9,10,11). The van der Waals surface area contributed by atoms with Gasteiger partial charge in [0.1, 0.15) is 0 Å². The van der Waals surface area contributed by atoms with Crippen LogP contribution in [0.25, 0.3) is 0 Å². The van der Waals surface area contributed by atoms with Gasteiger partial charge in [0.25, 0.3) is 0 Å². The van der Waals surface area contributed by atoms with Crippen LogP contribution in [0.3, 0.4) is 0 Å². The van der Waals surface area contributed by atoms with Crippen molar-refractivity contribution in [3.8, 4) is 0 Å². The largest absolute Gasteiger partial charge is 0.381 e. The van der Waals surface area contributed by atoms with E-state index in [9.17, 15) is 0 Å². The van der Waals surface area contributed by atoms with Crippen LogP contribution in [0.1, 0.15) is 19.8 Å². The van der Waals surface area contributed by atoms with Crippen LogP contribution in [0, 0.1) is 5.92 Å². The summed E-state index contributed by atoms with van der Waals surface area (Å²) in [7, 11) is 0. The van der Waals surface area contributed by atoms with Crippen molar-refractivity contribution in [2.24, 2.45) is 22.4 Å². The molecular weight excluding hydrogens is 154 g/mol. The van der Waals surface area contributed by atoms with E-state index < -0.39 is 0 Å². The van der Waals surface area contributed by atoms with Crippen molar-refractivity contribution >= 4 is 5.96 Å². The molecule has 0 radical (unpaired) electrons. The second-order valence-electron chi connectivity index (χ2n) is 3.27. The minimum Gasteiger partial charge on any atom is -0.381 e. The predicted molar refractivity (Wildman–Crippen MR) is 48.8 cm³/mol. The summed E-state index contributed by atoms with van der Waals surface area (Å²) in [6, 6.07) is 0.190. The molecule has 1 heterocycles. The van der Waals surface area contributed by atoms with Gasteiger partial charge in [-0.05, 0) is 19.8 Å². The highest BCUT2D eigenvalue weighted by atomic mass is 16.5. The van der Waals surface area contributed by atoms with E-state index in [4.69, 9.17) is 16.2 Å². The molecule has 1 aliphatic heterocycles. The van der Waals surface area contributed by atoms with Crippen LogP contribution < -0.4 is 11.5 Å². The van der Waals surface area contributed by atoms with Crippen LogP contribution in [0.15, 0.2) is 4.99 Å². The predicted octanol–water partition coefficient (Wildman–Crippen LogP) is 0.0749. The zero-order chi connectivity index (χ0) is 8.97. The Bertz CT molecular complexity index is 160. The summed E-state index contributed by atoms with van der Waals surface area (Å²) in [6.45, 7) is 3.70. The van der Waals surface area contributed by atoms with E-state index in [1.807, 2.05) is 6.92 Å². The first-order chi connectivity index (χ1) is 5.70. The van der Waals surface area contributed by atoms with E-state index >= 15 is 0 Å². The van der Waals surface area contributed by atoms with Crippen molar-refractivity contribution in [2.75, 3.05) is 13.2 Å². The second-order valence-corrected chi connectivity index (χ2v) is 3.27. The highest BCUT2D eigenvalue weighted by Crippen LogP contribution is 2.18. The Balaban J connectivity index is 2.39. The van der Waals surface area contributed by atoms with Gasteiger partial charge in [0.05, 0.1) is 12.6 Å². The van der Waals surface area contributed by atoms with Crippen molar-refractivity contribution in [2.45, 2.75) is 25.8 Å². The smallest absolute Gasteiger partial charge is 0.186 e. The van der Waals surface area contributed by atoms with Crippen LogP contribution in [-0.4, -0.2) is 25.2 Å². The average Bonchev–Trinajstić information content (AvgIpc) is 2.05. The number of hydrogen-bond acceptors (Lipinski definition) is 2. The molecule has 0 saturated carbocycles. The molecule has 0 aliphatic carbocycles. The minimum atomic E-state index is 0.174. The number of aliphatic imine (C=N–C) groups is 1. The summed E-state index contributed by atoms with van der Waals surface area (Å²) >= 11 is 0. The van der Waals surface area contributed by atoms with Crippen molar-refractivity contribution < 1.29 is 4.74 Å². The van der Waals surface area contributed by atoms with Crippen LogP contribution in [0.2, 0.25) is 0 Å². The topological polar surface area (TPSA) is 73.6 Å². The summed E-state index contributed by atoms with van der Waals surface area (Å²) in [5.41, 5.74) is 10.6. The van der Waals surface area contributed by atoms with E-state index in [2.05, 4.69) is 4.99 Å². The van der Waals surface area contributed by atoms with Crippen LogP contribution in [-0.2, 0) is 4.74 Å². The van der Waals surface area contributed by atoms with Gasteiger partial charge in [0.2, 0.25) is 0 Å². The van der Waals surface area contributed by atoms with Crippen LogP contribution in [0.5, 0.6) is 0 Å². The number of nitrogens with two attached hydrogens (primary N) is 2. The molecule has 0 aromatic rings. The molecule has 1 fully saturated rings. The molecular formula is C8H17N3O. The van der Waals surface area contributed by atoms with Gasteiger partial charge in [-0.15, -0.1) is 0 Å². The normalized spacial score (nSPS) is 26.2. The Morgan fingerprint density at radius 1 is 1.58 bits per heavy atom. The van der Waals surface area contributed by atoms with E-state index in [0.717, 1.165) is 26.1 Å². The van der Waals surface area contributed by atoms with Gasteiger partial charge < -0.3 is 16.2 Å². The van der Waals surface area contributed by atoms with Gasteiger partial charge in [0, 0.05) is 12.5 Å². The lowest BCUT2D eigenvalue weighted by atomic mass is 9.95. The van der Waals surface area contributed by atoms with Crippen molar-refractivity contribution in [1.82, 2.24) is 0 Å². The first-order valence-corrected chi connectivity index (χ1v) is 4.36. The van der Waals surface area contributed by atoms with E-state index in [0.29, 0.717) is 5.92 Å². The maximum Gasteiger partial charge on any atom is 0.186 e. The molecule has 2 atom stereocenters. The van der Waals surface area contributed by atoms with Gasteiger partial charge in [-0.25, -0.2) is 0 Å². The average molecular weight is 171 g/mol. The molecule has 0 aromatic carbocycles. The summed E-state index contributed by atoms with van der Waals surface area (Å²) in [6.07, 6.45) is 2.28. The highest BCUT2D eigenvalue weighted by molar-refractivity contribution is 5.75. The van der Waals surface area contributed by atoms with E-state index in [1.54, 1.807) is 0 Å². The quantitative estimate of drug-likeness (QED) is 0.456. The van der Waals surface area contributed by atoms with Crippen molar-refractivity contribution in [1.29, 1.82) is 0 Å². The van der Waals surface area contributed by atoms with Crippen LogP contribution >= 0.6 is 0 Å². The molecule has 4 nitrogen and oxygen atoms in total. The number of guanidine groups is 1. The molecule has 0 bridgehead atoms. The van der Waals surface area contributed by atoms with Gasteiger partial charge in [0.15, 0.2) is 5.96 Å². The fraction of sp³-hybridized carbons (Fsp3) is 0.875. The second kappa shape index (κ2) is 4.30. The Morgan fingerprint density at radius 2 is 2.33 bits per heavy atom. The fourth-order valence-corrected chi connectivity index (χ4v) is 1.49. The van der Waals surface area contributed by atoms with E-state index in [1.165, 1.54) is 0 Å². The number of nitrogens with zero attached hydrogens (tertiary/aromatic N) is 1. The van der Waals surface area contributed by atoms with Crippen LogP contribution in [0.4, 0.5) is 0 Å². The number of rotatable bonds is 2. The first-order valence-electron chi connectivity index (χ1n) is 4.36. The zero-order valence-electron chi connectivity index (χ0n) is 7.49. The van der Waals surface area contributed by atoms with Gasteiger partial charge >= 0.3 is 0 Å². The molecule has 0 spiro atoms. The Labute approximate surface area is 73.0 Å². The van der Waals surface area contributed by atoms with Crippen molar-refractivity contribution in [3.63, 3.8) is 0 Å². The lowest BCUT2D eigenvalue weighted by Crippen LogP contribution is -2.31. The third-order valence-electron chi connectivity index (χ3n) is 2.23. The fourth-order valence-electron chi connectivity index (χ4n) is 1.49. The molecule has 12 heavy (non-hydrogen) atoms. The first kappa shape index (κ1) is 9.32. The minimum absolute atomic E-state index is 0.174. The third kappa shape index (κ3) is 2.70. The summed E-state index contributed by atoms with van der Waals surface area (Å²) < 4.78 is 5.33. The summed E-state index contributed by atoms with van der Waals surface area (Å²) in [5, 5.41) is 0. The highest BCUT2D eigenvalue weighted by Gasteiger charge is 2.19. The van der Waals surface area contributed by atoms with Gasteiger partial charge in [-0.2, -0.15) is 0 Å². The number of ether oxygens (including phenoxy) is 1. The maximum atomic E-state index is 5.33. The Hall–Kier alpha value is -0.770.